The molecule has 88 valence electrons. The van der Waals surface area contributed by atoms with Gasteiger partial charge < -0.3 is 9.72 Å². The lowest BCUT2D eigenvalue weighted by molar-refractivity contribution is 0.397. The minimum Gasteiger partial charge on any atom is -0.481 e. The quantitative estimate of drug-likeness (QED) is 0.807. The predicted octanol–water partition coefficient (Wildman–Crippen LogP) is 1.43. The zero-order chi connectivity index (χ0) is 12.3. The van der Waals surface area contributed by atoms with E-state index in [0.717, 1.165) is 5.56 Å². The Bertz CT molecular complexity index is 616. The Hall–Kier alpha value is -1.95. The first kappa shape index (κ1) is 11.5. The number of H-pyrrole nitrogens is 2. The van der Waals surface area contributed by atoms with Crippen molar-refractivity contribution in [1.82, 2.24) is 15.0 Å². The highest BCUT2D eigenvalue weighted by Gasteiger charge is 2.02. The molecule has 0 atom stereocenters. The molecule has 0 saturated carbocycles. The fourth-order valence-electron chi connectivity index (χ4n) is 1.43. The number of methoxy groups -OCH3 is 1. The second-order valence-electron chi connectivity index (χ2n) is 3.48. The molecule has 0 saturated heterocycles. The van der Waals surface area contributed by atoms with Crippen molar-refractivity contribution in [3.05, 3.63) is 50.8 Å². The number of hydrogen-bond donors (Lipinski definition) is 2. The van der Waals surface area contributed by atoms with Crippen molar-refractivity contribution >= 4 is 12.2 Å². The van der Waals surface area contributed by atoms with Crippen LogP contribution < -0.4 is 10.3 Å². The lowest BCUT2D eigenvalue weighted by Crippen LogP contribution is -2.13. The number of pyridine rings is 1. The van der Waals surface area contributed by atoms with Gasteiger partial charge in [-0.15, -0.1) is 0 Å². The molecule has 0 spiro atoms. The molecule has 0 fully saturated rings. The Morgan fingerprint density at radius 2 is 2.29 bits per heavy atom. The predicted molar refractivity (Wildman–Crippen MR) is 65.8 cm³/mol. The van der Waals surface area contributed by atoms with Crippen molar-refractivity contribution in [2.75, 3.05) is 7.11 Å². The van der Waals surface area contributed by atoms with Gasteiger partial charge in [0.2, 0.25) is 5.88 Å². The van der Waals surface area contributed by atoms with E-state index >= 15 is 0 Å². The van der Waals surface area contributed by atoms with Crippen LogP contribution in [0.1, 0.15) is 11.1 Å². The monoisotopic (exact) mass is 249 g/mol. The summed E-state index contributed by atoms with van der Waals surface area (Å²) in [6, 6.07) is 3.63. The van der Waals surface area contributed by atoms with Crippen LogP contribution in [-0.4, -0.2) is 22.1 Å². The van der Waals surface area contributed by atoms with E-state index in [1.54, 1.807) is 25.6 Å². The van der Waals surface area contributed by atoms with Gasteiger partial charge in [-0.05, 0) is 17.8 Å². The standard InChI is InChI=1S/C11H11N3O2S/c1-16-9-3-2-7(5-12-9)4-8-6-13-11(17)14-10(8)15/h2-3,5-6H,4H2,1H3,(H2,13,14,15,17). The molecule has 0 unspecified atom stereocenters. The van der Waals surface area contributed by atoms with Crippen molar-refractivity contribution in [1.29, 1.82) is 0 Å². The third kappa shape index (κ3) is 2.79. The van der Waals surface area contributed by atoms with Crippen LogP contribution in [0, 0.1) is 4.77 Å². The number of nitrogens with one attached hydrogen (secondary N) is 2. The van der Waals surface area contributed by atoms with Gasteiger partial charge in [-0.25, -0.2) is 4.98 Å². The number of aromatic amines is 2. The van der Waals surface area contributed by atoms with Crippen molar-refractivity contribution in [2.24, 2.45) is 0 Å². The average Bonchev–Trinajstić information content (AvgIpc) is 2.34. The highest BCUT2D eigenvalue weighted by atomic mass is 32.1. The molecular formula is C11H11N3O2S. The van der Waals surface area contributed by atoms with E-state index in [9.17, 15) is 4.79 Å². The summed E-state index contributed by atoms with van der Waals surface area (Å²) in [4.78, 5) is 21.0. The first-order valence-electron chi connectivity index (χ1n) is 4.99. The Balaban J connectivity index is 2.25. The summed E-state index contributed by atoms with van der Waals surface area (Å²) < 4.78 is 5.29. The number of aromatic nitrogens is 3. The fourth-order valence-corrected chi connectivity index (χ4v) is 1.58. The number of nitrogens with zero attached hydrogens (tertiary/aromatic N) is 1. The molecule has 2 heterocycles. The third-order valence-electron chi connectivity index (χ3n) is 2.30. The van der Waals surface area contributed by atoms with Gasteiger partial charge in [-0.1, -0.05) is 6.07 Å². The normalized spacial score (nSPS) is 10.2. The first-order valence-corrected chi connectivity index (χ1v) is 5.39. The van der Waals surface area contributed by atoms with E-state index in [2.05, 4.69) is 15.0 Å². The van der Waals surface area contributed by atoms with Crippen LogP contribution in [-0.2, 0) is 6.42 Å². The van der Waals surface area contributed by atoms with Crippen LogP contribution in [0.5, 0.6) is 5.88 Å². The molecule has 2 rings (SSSR count). The lowest BCUT2D eigenvalue weighted by Gasteiger charge is -2.02. The Kier molecular flexibility index (Phi) is 3.34. The zero-order valence-corrected chi connectivity index (χ0v) is 10.0. The molecule has 5 nitrogen and oxygen atoms in total. The zero-order valence-electron chi connectivity index (χ0n) is 9.19. The Morgan fingerprint density at radius 3 is 2.88 bits per heavy atom. The van der Waals surface area contributed by atoms with Gasteiger partial charge in [0.05, 0.1) is 7.11 Å². The third-order valence-corrected chi connectivity index (χ3v) is 2.52. The minimum absolute atomic E-state index is 0.176. The van der Waals surface area contributed by atoms with Crippen LogP contribution in [0.15, 0.2) is 29.3 Å². The molecule has 2 N–H and O–H groups in total. The van der Waals surface area contributed by atoms with E-state index in [1.165, 1.54) is 0 Å². The fraction of sp³-hybridized carbons (Fsp3) is 0.182. The van der Waals surface area contributed by atoms with Crippen LogP contribution in [0.25, 0.3) is 0 Å². The maximum atomic E-state index is 11.6. The number of hydrogen-bond acceptors (Lipinski definition) is 4. The molecular weight excluding hydrogens is 238 g/mol. The molecule has 17 heavy (non-hydrogen) atoms. The molecule has 0 radical (unpaired) electrons. The molecule has 0 aromatic carbocycles. The second-order valence-corrected chi connectivity index (χ2v) is 3.89. The number of ether oxygens (including phenoxy) is 1. The van der Waals surface area contributed by atoms with Gasteiger partial charge in [-0.2, -0.15) is 0 Å². The van der Waals surface area contributed by atoms with Crippen LogP contribution in [0.2, 0.25) is 0 Å². The highest BCUT2D eigenvalue weighted by Crippen LogP contribution is 2.09. The smallest absolute Gasteiger partial charge is 0.255 e. The summed E-state index contributed by atoms with van der Waals surface area (Å²) in [6.45, 7) is 0. The molecule has 0 bridgehead atoms. The summed E-state index contributed by atoms with van der Waals surface area (Å²) in [7, 11) is 1.56. The maximum Gasteiger partial charge on any atom is 0.255 e. The largest absolute Gasteiger partial charge is 0.481 e. The maximum absolute atomic E-state index is 11.6. The van der Waals surface area contributed by atoms with E-state index < -0.39 is 0 Å². The van der Waals surface area contributed by atoms with Gasteiger partial charge in [0, 0.05) is 30.4 Å². The minimum atomic E-state index is -0.176. The average molecular weight is 249 g/mol. The van der Waals surface area contributed by atoms with E-state index in [-0.39, 0.29) is 5.56 Å². The summed E-state index contributed by atoms with van der Waals surface area (Å²) in [6.07, 6.45) is 3.80. The Labute approximate surface area is 103 Å². The molecule has 0 aliphatic rings. The van der Waals surface area contributed by atoms with Gasteiger partial charge >= 0.3 is 0 Å². The number of rotatable bonds is 3. The van der Waals surface area contributed by atoms with Crippen molar-refractivity contribution in [3.63, 3.8) is 0 Å². The van der Waals surface area contributed by atoms with Gasteiger partial charge in [0.25, 0.3) is 5.56 Å². The summed E-state index contributed by atoms with van der Waals surface area (Å²) in [5.74, 6) is 0.551. The lowest BCUT2D eigenvalue weighted by atomic mass is 10.1. The molecule has 2 aromatic heterocycles. The second kappa shape index (κ2) is 4.92. The highest BCUT2D eigenvalue weighted by molar-refractivity contribution is 7.71. The summed E-state index contributed by atoms with van der Waals surface area (Å²) in [5.41, 5.74) is 1.37. The van der Waals surface area contributed by atoms with Crippen LogP contribution in [0.3, 0.4) is 0 Å². The van der Waals surface area contributed by atoms with E-state index in [0.29, 0.717) is 22.6 Å². The molecule has 6 heteroatoms. The molecule has 0 amide bonds. The Morgan fingerprint density at radius 1 is 1.47 bits per heavy atom. The van der Waals surface area contributed by atoms with Gasteiger partial charge in [0.15, 0.2) is 4.77 Å². The van der Waals surface area contributed by atoms with Gasteiger partial charge in [0.1, 0.15) is 0 Å². The van der Waals surface area contributed by atoms with Crippen molar-refractivity contribution in [3.8, 4) is 5.88 Å². The van der Waals surface area contributed by atoms with E-state index in [1.807, 2.05) is 6.07 Å². The first-order chi connectivity index (χ1) is 8.19. The van der Waals surface area contributed by atoms with Crippen molar-refractivity contribution in [2.45, 2.75) is 6.42 Å². The molecule has 0 aliphatic heterocycles. The van der Waals surface area contributed by atoms with Crippen molar-refractivity contribution < 1.29 is 4.74 Å². The SMILES string of the molecule is COc1ccc(Cc2c[nH]c(=S)[nH]c2=O)cn1. The topological polar surface area (TPSA) is 70.8 Å². The van der Waals surface area contributed by atoms with E-state index in [4.69, 9.17) is 17.0 Å². The van der Waals surface area contributed by atoms with Gasteiger partial charge in [-0.3, -0.25) is 9.78 Å². The molecule has 2 aromatic rings. The molecule has 0 aliphatic carbocycles. The van der Waals surface area contributed by atoms with Crippen LogP contribution in [0.4, 0.5) is 0 Å². The summed E-state index contributed by atoms with van der Waals surface area (Å²) in [5, 5.41) is 0. The van der Waals surface area contributed by atoms with Crippen LogP contribution >= 0.6 is 12.2 Å². The summed E-state index contributed by atoms with van der Waals surface area (Å²) >= 11 is 4.82.